The smallest absolute Gasteiger partial charge is 0.412 e. The van der Waals surface area contributed by atoms with Crippen LogP contribution >= 0.6 is 0 Å². The molecule has 0 heterocycles. The fourth-order valence-electron chi connectivity index (χ4n) is 1.33. The molecule has 118 valence electrons. The van der Waals surface area contributed by atoms with Gasteiger partial charge in [0.15, 0.2) is 0 Å². The first-order chi connectivity index (χ1) is 10.5. The van der Waals surface area contributed by atoms with Gasteiger partial charge in [-0.05, 0) is 19.1 Å². The maximum Gasteiger partial charge on any atom is 0.412 e. The molecule has 0 fully saturated rings. The summed E-state index contributed by atoms with van der Waals surface area (Å²) in [5.74, 6) is -0.963. The van der Waals surface area contributed by atoms with E-state index in [2.05, 4.69) is 10.1 Å². The van der Waals surface area contributed by atoms with Crippen molar-refractivity contribution in [3.8, 4) is 5.75 Å². The number of amides is 1. The molecule has 1 rings (SSSR count). The van der Waals surface area contributed by atoms with Crippen LogP contribution in [0.15, 0.2) is 42.5 Å². The molecule has 0 unspecified atom stereocenters. The molecule has 0 aromatic heterocycles. The minimum Gasteiger partial charge on any atom is -0.466 e. The molecule has 0 spiro atoms. The molecule has 22 heavy (non-hydrogen) atoms. The third kappa shape index (κ3) is 7.09. The molecule has 7 nitrogen and oxygen atoms in total. The van der Waals surface area contributed by atoms with Gasteiger partial charge in [0.2, 0.25) is 0 Å². The molecular formula is C15H17NO6. The molecule has 0 saturated carbocycles. The first kappa shape index (κ1) is 17.2. The number of benzene rings is 1. The van der Waals surface area contributed by atoms with Crippen molar-refractivity contribution in [3.63, 3.8) is 0 Å². The van der Waals surface area contributed by atoms with Crippen LogP contribution in [0.2, 0.25) is 0 Å². The number of rotatable bonds is 6. The van der Waals surface area contributed by atoms with Crippen LogP contribution in [0.4, 0.5) is 4.79 Å². The van der Waals surface area contributed by atoms with Crippen molar-refractivity contribution in [1.29, 1.82) is 0 Å². The summed E-state index contributed by atoms with van der Waals surface area (Å²) >= 11 is 0. The Morgan fingerprint density at radius 2 is 1.77 bits per heavy atom. The van der Waals surface area contributed by atoms with Crippen LogP contribution < -0.4 is 10.1 Å². The van der Waals surface area contributed by atoms with Crippen LogP contribution in [0, 0.1) is 0 Å². The van der Waals surface area contributed by atoms with Gasteiger partial charge in [-0.2, -0.15) is 0 Å². The summed E-state index contributed by atoms with van der Waals surface area (Å²) in [6, 6.07) is 8.10. The summed E-state index contributed by atoms with van der Waals surface area (Å²) in [5.41, 5.74) is 0. The van der Waals surface area contributed by atoms with Crippen LogP contribution in [0.25, 0.3) is 0 Å². The van der Waals surface area contributed by atoms with Gasteiger partial charge in [-0.15, -0.1) is 0 Å². The van der Waals surface area contributed by atoms with Gasteiger partial charge in [0.05, 0.1) is 13.2 Å². The van der Waals surface area contributed by atoms with E-state index in [0.717, 1.165) is 12.2 Å². The lowest BCUT2D eigenvalue weighted by Crippen LogP contribution is -2.38. The number of carbonyl (C=O) groups excluding carboxylic acids is 3. The van der Waals surface area contributed by atoms with Crippen LogP contribution in [0.1, 0.15) is 6.92 Å². The summed E-state index contributed by atoms with van der Waals surface area (Å²) in [7, 11) is 1.20. The molecule has 0 saturated heterocycles. The van der Waals surface area contributed by atoms with Crippen molar-refractivity contribution in [2.75, 3.05) is 13.7 Å². The Bertz CT molecular complexity index is 540. The second-order valence-electron chi connectivity index (χ2n) is 4.23. The molecule has 1 N–H and O–H groups in total. The van der Waals surface area contributed by atoms with E-state index >= 15 is 0 Å². The Morgan fingerprint density at radius 3 is 2.41 bits per heavy atom. The molecular weight excluding hydrogens is 290 g/mol. The van der Waals surface area contributed by atoms with E-state index in [1.54, 1.807) is 37.3 Å². The van der Waals surface area contributed by atoms with Crippen molar-refractivity contribution in [3.05, 3.63) is 42.5 Å². The Kier molecular flexibility index (Phi) is 7.18. The van der Waals surface area contributed by atoms with Crippen LogP contribution in [0.3, 0.4) is 0 Å². The Morgan fingerprint density at radius 1 is 1.14 bits per heavy atom. The lowest BCUT2D eigenvalue weighted by Gasteiger charge is -2.13. The lowest BCUT2D eigenvalue weighted by atomic mass is 10.3. The Labute approximate surface area is 127 Å². The average Bonchev–Trinajstić information content (AvgIpc) is 2.51. The monoisotopic (exact) mass is 307 g/mol. The van der Waals surface area contributed by atoms with E-state index in [9.17, 15) is 14.4 Å². The second kappa shape index (κ2) is 9.17. The highest BCUT2D eigenvalue weighted by molar-refractivity contribution is 5.91. The third-order valence-electron chi connectivity index (χ3n) is 2.35. The molecule has 0 aliphatic rings. The standard InChI is InChI=1S/C15H17NO6/c1-11(10-21-14(18)9-8-13(17)20-2)16-15(19)22-12-6-4-3-5-7-12/h3-9,11H,10H2,1-2H3,(H,16,19)/b9-8+/t11-/m1/s1. The number of hydrogen-bond donors (Lipinski definition) is 1. The largest absolute Gasteiger partial charge is 0.466 e. The van der Waals surface area contributed by atoms with Crippen molar-refractivity contribution in [1.82, 2.24) is 5.32 Å². The maximum absolute atomic E-state index is 11.6. The number of nitrogens with one attached hydrogen (secondary N) is 1. The SMILES string of the molecule is COC(=O)/C=C/C(=O)OC[C@@H](C)NC(=O)Oc1ccccc1. The third-order valence-corrected chi connectivity index (χ3v) is 2.35. The van der Waals surface area contributed by atoms with E-state index in [1.165, 1.54) is 7.11 Å². The zero-order valence-electron chi connectivity index (χ0n) is 12.3. The number of hydrogen-bond acceptors (Lipinski definition) is 6. The van der Waals surface area contributed by atoms with Crippen LogP contribution in [-0.2, 0) is 19.1 Å². The summed E-state index contributed by atoms with van der Waals surface area (Å²) in [6.45, 7) is 1.58. The van der Waals surface area contributed by atoms with E-state index in [1.807, 2.05) is 0 Å². The Balaban J connectivity index is 2.29. The second-order valence-corrected chi connectivity index (χ2v) is 4.23. The quantitative estimate of drug-likeness (QED) is 0.631. The predicted molar refractivity (Wildman–Crippen MR) is 77.2 cm³/mol. The highest BCUT2D eigenvalue weighted by atomic mass is 16.6. The summed E-state index contributed by atoms with van der Waals surface area (Å²) < 4.78 is 14.2. The first-order valence-corrected chi connectivity index (χ1v) is 6.47. The summed E-state index contributed by atoms with van der Waals surface area (Å²) in [6.07, 6.45) is 1.24. The van der Waals surface area contributed by atoms with Crippen molar-refractivity contribution in [2.45, 2.75) is 13.0 Å². The van der Waals surface area contributed by atoms with Gasteiger partial charge in [-0.3, -0.25) is 0 Å². The molecule has 7 heteroatoms. The number of para-hydroxylation sites is 1. The van der Waals surface area contributed by atoms with Crippen LogP contribution in [-0.4, -0.2) is 37.8 Å². The zero-order chi connectivity index (χ0) is 16.4. The van der Waals surface area contributed by atoms with E-state index in [0.29, 0.717) is 5.75 Å². The van der Waals surface area contributed by atoms with E-state index in [-0.39, 0.29) is 6.61 Å². The molecule has 1 amide bonds. The number of esters is 2. The highest BCUT2D eigenvalue weighted by Gasteiger charge is 2.11. The van der Waals surface area contributed by atoms with Gasteiger partial charge in [0.1, 0.15) is 12.4 Å². The number of carbonyl (C=O) groups is 3. The summed E-state index contributed by atoms with van der Waals surface area (Å²) in [5, 5.41) is 2.51. The zero-order valence-corrected chi connectivity index (χ0v) is 12.3. The van der Waals surface area contributed by atoms with Crippen LogP contribution in [0.5, 0.6) is 5.75 Å². The van der Waals surface area contributed by atoms with Crippen molar-refractivity contribution in [2.24, 2.45) is 0 Å². The molecule has 0 radical (unpaired) electrons. The summed E-state index contributed by atoms with van der Waals surface area (Å²) in [4.78, 5) is 33.6. The number of methoxy groups -OCH3 is 1. The molecule has 0 aliphatic heterocycles. The first-order valence-electron chi connectivity index (χ1n) is 6.47. The van der Waals surface area contributed by atoms with Gasteiger partial charge in [-0.1, -0.05) is 18.2 Å². The minimum absolute atomic E-state index is 0.0613. The Hall–Kier alpha value is -2.83. The lowest BCUT2D eigenvalue weighted by molar-refractivity contribution is -0.139. The molecule has 1 aromatic carbocycles. The van der Waals surface area contributed by atoms with Gasteiger partial charge in [-0.25, -0.2) is 14.4 Å². The molecule has 0 bridgehead atoms. The van der Waals surface area contributed by atoms with E-state index in [4.69, 9.17) is 9.47 Å². The normalized spacial score (nSPS) is 11.5. The number of ether oxygens (including phenoxy) is 3. The van der Waals surface area contributed by atoms with Gasteiger partial charge < -0.3 is 19.5 Å². The molecule has 1 aromatic rings. The van der Waals surface area contributed by atoms with Gasteiger partial charge >= 0.3 is 18.0 Å². The predicted octanol–water partition coefficient (Wildman–Crippen LogP) is 1.44. The fraction of sp³-hybridized carbons (Fsp3) is 0.267. The van der Waals surface area contributed by atoms with Gasteiger partial charge in [0.25, 0.3) is 0 Å². The average molecular weight is 307 g/mol. The van der Waals surface area contributed by atoms with Crippen molar-refractivity contribution >= 4 is 18.0 Å². The maximum atomic E-state index is 11.6. The molecule has 0 aliphatic carbocycles. The topological polar surface area (TPSA) is 90.9 Å². The highest BCUT2D eigenvalue weighted by Crippen LogP contribution is 2.08. The minimum atomic E-state index is -0.713. The fourth-order valence-corrected chi connectivity index (χ4v) is 1.33. The van der Waals surface area contributed by atoms with Crippen molar-refractivity contribution < 1.29 is 28.6 Å². The molecule has 1 atom stereocenters. The van der Waals surface area contributed by atoms with E-state index < -0.39 is 24.1 Å². The van der Waals surface area contributed by atoms with Gasteiger partial charge in [0, 0.05) is 12.2 Å².